The van der Waals surface area contributed by atoms with E-state index in [0.717, 1.165) is 5.75 Å². The fourth-order valence-corrected chi connectivity index (χ4v) is 3.77. The highest BCUT2D eigenvalue weighted by Gasteiger charge is 2.20. The standard InChI is InChI=1S/C20H20ClN5O4S/c1-3-25-19(13(2)30-15-7-5-4-6-8-15)23-24-20(25)31-12-18(27)22-17-11-14(26(28)29)9-10-16(17)21/h4-11,13H,3,12H2,1-2H3,(H,22,27)/t13-/m0/s1. The molecular weight excluding hydrogens is 442 g/mol. The Kier molecular flexibility index (Phi) is 7.48. The zero-order valence-corrected chi connectivity index (χ0v) is 18.4. The maximum Gasteiger partial charge on any atom is 0.271 e. The van der Waals surface area contributed by atoms with Crippen molar-refractivity contribution in [1.29, 1.82) is 0 Å². The molecule has 0 radical (unpaired) electrons. The summed E-state index contributed by atoms with van der Waals surface area (Å²) >= 11 is 7.23. The van der Waals surface area contributed by atoms with E-state index in [1.165, 1.54) is 30.0 Å². The number of para-hydroxylation sites is 1. The second-order valence-electron chi connectivity index (χ2n) is 6.42. The molecule has 0 saturated heterocycles. The number of benzene rings is 2. The van der Waals surface area contributed by atoms with Gasteiger partial charge in [0.05, 0.1) is 21.4 Å². The predicted molar refractivity (Wildman–Crippen MR) is 119 cm³/mol. The van der Waals surface area contributed by atoms with Crippen LogP contribution in [0.3, 0.4) is 0 Å². The predicted octanol–water partition coefficient (Wildman–Crippen LogP) is 4.73. The lowest BCUT2D eigenvalue weighted by molar-refractivity contribution is -0.384. The smallest absolute Gasteiger partial charge is 0.271 e. The number of nitro benzene ring substituents is 1. The zero-order valence-electron chi connectivity index (χ0n) is 16.8. The number of nitrogens with one attached hydrogen (secondary N) is 1. The maximum absolute atomic E-state index is 12.4. The topological polar surface area (TPSA) is 112 Å². The Morgan fingerprint density at radius 3 is 2.71 bits per heavy atom. The number of hydrogen-bond acceptors (Lipinski definition) is 7. The molecule has 0 aliphatic carbocycles. The Balaban J connectivity index is 1.65. The number of halogens is 1. The number of carbonyl (C=O) groups excluding carboxylic acids is 1. The lowest BCUT2D eigenvalue weighted by Crippen LogP contribution is -2.16. The van der Waals surface area contributed by atoms with Gasteiger partial charge in [-0.3, -0.25) is 14.9 Å². The van der Waals surface area contributed by atoms with Crippen molar-refractivity contribution in [3.63, 3.8) is 0 Å². The van der Waals surface area contributed by atoms with Crippen LogP contribution in [-0.4, -0.2) is 31.3 Å². The molecule has 11 heteroatoms. The number of amides is 1. The molecule has 1 heterocycles. The average Bonchev–Trinajstić information content (AvgIpc) is 3.17. The number of carbonyl (C=O) groups is 1. The maximum atomic E-state index is 12.4. The van der Waals surface area contributed by atoms with Gasteiger partial charge in [-0.15, -0.1) is 10.2 Å². The van der Waals surface area contributed by atoms with Crippen LogP contribution in [0.15, 0.2) is 53.7 Å². The van der Waals surface area contributed by atoms with Crippen LogP contribution in [0.1, 0.15) is 25.8 Å². The summed E-state index contributed by atoms with van der Waals surface area (Å²) in [5.74, 6) is 1.04. The first-order valence-corrected chi connectivity index (χ1v) is 10.8. The van der Waals surface area contributed by atoms with E-state index in [9.17, 15) is 14.9 Å². The third-order valence-corrected chi connectivity index (χ3v) is 5.54. The minimum absolute atomic E-state index is 0.0328. The summed E-state index contributed by atoms with van der Waals surface area (Å²) in [4.78, 5) is 22.7. The van der Waals surface area contributed by atoms with Gasteiger partial charge in [-0.1, -0.05) is 41.6 Å². The molecule has 162 valence electrons. The van der Waals surface area contributed by atoms with Crippen LogP contribution in [0.2, 0.25) is 5.02 Å². The quantitative estimate of drug-likeness (QED) is 0.278. The third-order valence-electron chi connectivity index (χ3n) is 4.25. The third kappa shape index (κ3) is 5.74. The highest BCUT2D eigenvalue weighted by molar-refractivity contribution is 7.99. The number of thioether (sulfide) groups is 1. The first-order chi connectivity index (χ1) is 14.9. The van der Waals surface area contributed by atoms with Gasteiger partial charge in [-0.25, -0.2) is 0 Å². The van der Waals surface area contributed by atoms with Gasteiger partial charge in [0, 0.05) is 18.7 Å². The Hall–Kier alpha value is -3.11. The summed E-state index contributed by atoms with van der Waals surface area (Å²) in [7, 11) is 0. The van der Waals surface area contributed by atoms with Crippen molar-refractivity contribution in [3.05, 3.63) is 69.5 Å². The van der Waals surface area contributed by atoms with Gasteiger partial charge in [-0.05, 0) is 32.0 Å². The molecule has 1 amide bonds. The summed E-state index contributed by atoms with van der Waals surface area (Å²) in [5.41, 5.74) is 0.0270. The summed E-state index contributed by atoms with van der Waals surface area (Å²) in [6, 6.07) is 13.3. The van der Waals surface area contributed by atoms with Gasteiger partial charge in [-0.2, -0.15) is 0 Å². The van der Waals surface area contributed by atoms with Crippen molar-refractivity contribution in [3.8, 4) is 5.75 Å². The fraction of sp³-hybridized carbons (Fsp3) is 0.250. The van der Waals surface area contributed by atoms with E-state index in [1.54, 1.807) is 0 Å². The van der Waals surface area contributed by atoms with E-state index in [2.05, 4.69) is 15.5 Å². The van der Waals surface area contributed by atoms with E-state index in [-0.39, 0.29) is 34.2 Å². The molecule has 1 N–H and O–H groups in total. The Morgan fingerprint density at radius 1 is 1.29 bits per heavy atom. The van der Waals surface area contributed by atoms with Crippen molar-refractivity contribution in [1.82, 2.24) is 14.8 Å². The van der Waals surface area contributed by atoms with Crippen LogP contribution < -0.4 is 10.1 Å². The van der Waals surface area contributed by atoms with E-state index in [1.807, 2.05) is 48.7 Å². The Morgan fingerprint density at radius 2 is 2.03 bits per heavy atom. The van der Waals surface area contributed by atoms with E-state index >= 15 is 0 Å². The minimum atomic E-state index is -0.551. The summed E-state index contributed by atoms with van der Waals surface area (Å²) < 4.78 is 7.80. The van der Waals surface area contributed by atoms with Crippen LogP contribution in [0, 0.1) is 10.1 Å². The zero-order chi connectivity index (χ0) is 22.4. The lowest BCUT2D eigenvalue weighted by atomic mass is 10.3. The molecule has 0 unspecified atom stereocenters. The molecule has 9 nitrogen and oxygen atoms in total. The van der Waals surface area contributed by atoms with Crippen molar-refractivity contribution in [2.75, 3.05) is 11.1 Å². The van der Waals surface area contributed by atoms with Crippen LogP contribution in [0.25, 0.3) is 0 Å². The van der Waals surface area contributed by atoms with Gasteiger partial charge in [0.25, 0.3) is 5.69 Å². The molecule has 0 aliphatic heterocycles. The molecule has 3 rings (SSSR count). The minimum Gasteiger partial charge on any atom is -0.483 e. The van der Waals surface area contributed by atoms with E-state index < -0.39 is 4.92 Å². The number of ether oxygens (including phenoxy) is 1. The van der Waals surface area contributed by atoms with E-state index in [4.69, 9.17) is 16.3 Å². The largest absolute Gasteiger partial charge is 0.483 e. The molecule has 0 fully saturated rings. The lowest BCUT2D eigenvalue weighted by Gasteiger charge is -2.15. The first-order valence-electron chi connectivity index (χ1n) is 9.40. The normalized spacial score (nSPS) is 11.7. The average molecular weight is 462 g/mol. The van der Waals surface area contributed by atoms with Gasteiger partial charge in [0.1, 0.15) is 5.75 Å². The summed E-state index contributed by atoms with van der Waals surface area (Å²) in [5, 5.41) is 22.7. The van der Waals surface area contributed by atoms with Gasteiger partial charge < -0.3 is 14.6 Å². The molecule has 0 spiro atoms. The SMILES string of the molecule is CCn1c(SCC(=O)Nc2cc([N+](=O)[O-])ccc2Cl)nnc1[C@H](C)Oc1ccccc1. The number of hydrogen-bond donors (Lipinski definition) is 1. The Labute approximate surface area is 187 Å². The van der Waals surface area contributed by atoms with Crippen molar-refractivity contribution < 1.29 is 14.5 Å². The van der Waals surface area contributed by atoms with Gasteiger partial charge in [0.15, 0.2) is 17.1 Å². The van der Waals surface area contributed by atoms with E-state index in [0.29, 0.717) is 17.5 Å². The number of nitro groups is 1. The fourth-order valence-electron chi connectivity index (χ4n) is 2.80. The molecule has 0 saturated carbocycles. The molecule has 1 aromatic heterocycles. The highest BCUT2D eigenvalue weighted by atomic mass is 35.5. The Bertz CT molecular complexity index is 1080. The van der Waals surface area contributed by atoms with Crippen molar-refractivity contribution in [2.45, 2.75) is 31.7 Å². The number of nitrogens with zero attached hydrogens (tertiary/aromatic N) is 4. The molecule has 0 aliphatic rings. The molecule has 1 atom stereocenters. The number of anilines is 1. The molecule has 3 aromatic rings. The second kappa shape index (κ2) is 10.3. The molecule has 31 heavy (non-hydrogen) atoms. The molecular formula is C20H20ClN5O4S. The summed E-state index contributed by atoms with van der Waals surface area (Å²) in [6.07, 6.45) is -0.332. The van der Waals surface area contributed by atoms with Crippen LogP contribution in [0.4, 0.5) is 11.4 Å². The van der Waals surface area contributed by atoms with Crippen LogP contribution in [-0.2, 0) is 11.3 Å². The van der Waals surface area contributed by atoms with Gasteiger partial charge in [0.2, 0.25) is 5.91 Å². The molecule has 0 bridgehead atoms. The second-order valence-corrected chi connectivity index (χ2v) is 7.77. The number of non-ortho nitro benzene ring substituents is 1. The van der Waals surface area contributed by atoms with Crippen molar-refractivity contribution in [2.24, 2.45) is 0 Å². The van der Waals surface area contributed by atoms with Crippen LogP contribution >= 0.6 is 23.4 Å². The van der Waals surface area contributed by atoms with Gasteiger partial charge >= 0.3 is 0 Å². The number of rotatable bonds is 9. The number of aromatic nitrogens is 3. The van der Waals surface area contributed by atoms with Crippen molar-refractivity contribution >= 4 is 40.6 Å². The first kappa shape index (κ1) is 22.6. The van der Waals surface area contributed by atoms with Crippen LogP contribution in [0.5, 0.6) is 5.75 Å². The monoisotopic (exact) mass is 461 g/mol. The summed E-state index contributed by atoms with van der Waals surface area (Å²) in [6.45, 7) is 4.44. The molecule has 2 aromatic carbocycles. The highest BCUT2D eigenvalue weighted by Crippen LogP contribution is 2.28.